The minimum absolute atomic E-state index is 0.102. The van der Waals surface area contributed by atoms with Gasteiger partial charge in [0.1, 0.15) is 10.6 Å². The normalized spacial score (nSPS) is 14.4. The van der Waals surface area contributed by atoms with Crippen LogP contribution in [0.3, 0.4) is 0 Å². The number of morpholine rings is 1. The van der Waals surface area contributed by atoms with Crippen molar-refractivity contribution in [2.24, 2.45) is 0 Å². The second-order valence-electron chi connectivity index (χ2n) is 9.16. The molecule has 0 aliphatic carbocycles. The highest BCUT2D eigenvalue weighted by molar-refractivity contribution is 7.89. The second kappa shape index (κ2) is 10.9. The molecule has 202 valence electrons. The summed E-state index contributed by atoms with van der Waals surface area (Å²) in [5.41, 5.74) is 1.67. The number of nitro groups is 1. The highest BCUT2D eigenvalue weighted by Crippen LogP contribution is 2.37. The molecular weight excluding hydrogens is 514 g/mol. The molecule has 1 amide bonds. The van der Waals surface area contributed by atoms with E-state index in [0.717, 1.165) is 11.6 Å². The van der Waals surface area contributed by atoms with Crippen LogP contribution in [0, 0.1) is 24.0 Å². The van der Waals surface area contributed by atoms with Crippen molar-refractivity contribution in [2.75, 3.05) is 26.3 Å². The summed E-state index contributed by atoms with van der Waals surface area (Å²) < 4.78 is 41.2. The number of amides is 1. The fourth-order valence-corrected chi connectivity index (χ4v) is 5.48. The van der Waals surface area contributed by atoms with Gasteiger partial charge in [0.2, 0.25) is 15.9 Å². The molecule has 1 saturated heterocycles. The van der Waals surface area contributed by atoms with Crippen molar-refractivity contribution in [1.29, 1.82) is 0 Å². The Hall–Kier alpha value is -3.81. The van der Waals surface area contributed by atoms with E-state index in [1.165, 1.54) is 21.1 Å². The number of nitro benzene ring substituents is 1. The van der Waals surface area contributed by atoms with E-state index < -0.39 is 26.5 Å². The summed E-state index contributed by atoms with van der Waals surface area (Å²) in [5, 5.41) is 18.8. The molecule has 4 rings (SSSR count). The zero-order valence-corrected chi connectivity index (χ0v) is 22.3. The first-order valence-corrected chi connectivity index (χ1v) is 13.4. The lowest BCUT2D eigenvalue weighted by Gasteiger charge is -2.26. The maximum atomic E-state index is 13.6. The molecule has 3 aromatic rings. The predicted molar refractivity (Wildman–Crippen MR) is 138 cm³/mol. The molecule has 0 spiro atoms. The van der Waals surface area contributed by atoms with E-state index in [0.29, 0.717) is 11.3 Å². The lowest BCUT2D eigenvalue weighted by molar-refractivity contribution is -0.385. The third kappa shape index (κ3) is 5.54. The Balaban J connectivity index is 1.86. The van der Waals surface area contributed by atoms with Crippen molar-refractivity contribution in [3.8, 4) is 17.3 Å². The molecule has 1 aliphatic rings. The Kier molecular flexibility index (Phi) is 7.81. The standard InChI is InChI=1S/C25H29N5O7S/c1-16(2)26-24(31)23-18(4)25(29(27-23)19-7-5-17(3)6-8-19)37-21-10-9-20(30(32)33)15-22(21)38(34,35)28-11-13-36-14-12-28/h5-10,15-16H,11-14H2,1-4H3,(H,26,31). The number of hydrogen-bond donors (Lipinski definition) is 1. The molecule has 1 aliphatic heterocycles. The molecule has 2 heterocycles. The van der Waals surface area contributed by atoms with Gasteiger partial charge in [0.05, 0.1) is 23.8 Å². The first kappa shape index (κ1) is 27.2. The van der Waals surface area contributed by atoms with E-state index in [9.17, 15) is 23.3 Å². The van der Waals surface area contributed by atoms with Crippen molar-refractivity contribution in [3.05, 3.63) is 69.4 Å². The number of aryl methyl sites for hydroxylation is 1. The van der Waals surface area contributed by atoms with Gasteiger partial charge < -0.3 is 14.8 Å². The van der Waals surface area contributed by atoms with Crippen LogP contribution in [0.25, 0.3) is 5.69 Å². The lowest BCUT2D eigenvalue weighted by Crippen LogP contribution is -2.40. The number of rotatable bonds is 8. The fourth-order valence-electron chi connectivity index (χ4n) is 3.93. The zero-order chi connectivity index (χ0) is 27.6. The van der Waals surface area contributed by atoms with E-state index in [-0.39, 0.29) is 54.6 Å². The topological polar surface area (TPSA) is 146 Å². The quantitative estimate of drug-likeness (QED) is 0.336. The molecule has 1 fully saturated rings. The summed E-state index contributed by atoms with van der Waals surface area (Å²) in [6, 6.07) is 10.6. The zero-order valence-electron chi connectivity index (χ0n) is 21.5. The third-order valence-electron chi connectivity index (χ3n) is 5.91. The van der Waals surface area contributed by atoms with Gasteiger partial charge in [-0.3, -0.25) is 14.9 Å². The minimum Gasteiger partial charge on any atom is -0.437 e. The molecule has 0 radical (unpaired) electrons. The Morgan fingerprint density at radius 2 is 1.79 bits per heavy atom. The molecular formula is C25H29N5O7S. The van der Waals surface area contributed by atoms with Gasteiger partial charge >= 0.3 is 0 Å². The second-order valence-corrected chi connectivity index (χ2v) is 11.1. The SMILES string of the molecule is Cc1ccc(-n2nc(C(=O)NC(C)C)c(C)c2Oc2ccc([N+](=O)[O-])cc2S(=O)(=O)N2CCOCC2)cc1. The van der Waals surface area contributed by atoms with Crippen LogP contribution < -0.4 is 10.1 Å². The third-order valence-corrected chi connectivity index (χ3v) is 7.83. The van der Waals surface area contributed by atoms with Crippen molar-refractivity contribution in [3.63, 3.8) is 0 Å². The molecule has 0 unspecified atom stereocenters. The van der Waals surface area contributed by atoms with Crippen LogP contribution in [0.15, 0.2) is 47.4 Å². The molecule has 0 bridgehead atoms. The largest absolute Gasteiger partial charge is 0.437 e. The predicted octanol–water partition coefficient (Wildman–Crippen LogP) is 3.35. The van der Waals surface area contributed by atoms with Gasteiger partial charge in [-0.2, -0.15) is 14.1 Å². The highest BCUT2D eigenvalue weighted by Gasteiger charge is 2.32. The van der Waals surface area contributed by atoms with Crippen molar-refractivity contribution >= 4 is 21.6 Å². The molecule has 12 nitrogen and oxygen atoms in total. The Morgan fingerprint density at radius 3 is 2.39 bits per heavy atom. The lowest BCUT2D eigenvalue weighted by atomic mass is 10.2. The molecule has 1 N–H and O–H groups in total. The van der Waals surface area contributed by atoms with E-state index in [4.69, 9.17) is 9.47 Å². The van der Waals surface area contributed by atoms with Crippen molar-refractivity contribution < 1.29 is 27.6 Å². The van der Waals surface area contributed by atoms with Gasteiger partial charge in [-0.05, 0) is 45.9 Å². The Bertz CT molecular complexity index is 1460. The van der Waals surface area contributed by atoms with E-state index in [1.807, 2.05) is 32.9 Å². The van der Waals surface area contributed by atoms with Gasteiger partial charge in [0.15, 0.2) is 5.69 Å². The molecule has 38 heavy (non-hydrogen) atoms. The maximum absolute atomic E-state index is 13.6. The molecule has 2 aromatic carbocycles. The van der Waals surface area contributed by atoms with Crippen LogP contribution in [0.5, 0.6) is 11.6 Å². The summed E-state index contributed by atoms with van der Waals surface area (Å²) in [6.45, 7) is 7.83. The van der Waals surface area contributed by atoms with Gasteiger partial charge in [-0.1, -0.05) is 17.7 Å². The number of carbonyl (C=O) groups is 1. The smallest absolute Gasteiger partial charge is 0.272 e. The van der Waals surface area contributed by atoms with Gasteiger partial charge in [-0.25, -0.2) is 8.42 Å². The van der Waals surface area contributed by atoms with Crippen LogP contribution in [0.2, 0.25) is 0 Å². The average molecular weight is 544 g/mol. The minimum atomic E-state index is -4.18. The molecule has 13 heteroatoms. The number of ether oxygens (including phenoxy) is 2. The monoisotopic (exact) mass is 543 g/mol. The average Bonchev–Trinajstić information content (AvgIpc) is 3.20. The highest BCUT2D eigenvalue weighted by atomic mass is 32.2. The van der Waals surface area contributed by atoms with Crippen molar-refractivity contribution in [2.45, 2.75) is 38.6 Å². The number of non-ortho nitro benzene ring substituents is 1. The summed E-state index contributed by atoms with van der Waals surface area (Å²) >= 11 is 0. The Labute approximate surface area is 220 Å². The number of benzene rings is 2. The van der Waals surface area contributed by atoms with Gasteiger partial charge in [-0.15, -0.1) is 0 Å². The molecule has 1 aromatic heterocycles. The number of hydrogen-bond acceptors (Lipinski definition) is 8. The number of aromatic nitrogens is 2. The molecule has 0 saturated carbocycles. The number of sulfonamides is 1. The van der Waals surface area contributed by atoms with E-state index >= 15 is 0 Å². The fraction of sp³-hybridized carbons (Fsp3) is 0.360. The van der Waals surface area contributed by atoms with E-state index in [1.54, 1.807) is 19.1 Å². The summed E-state index contributed by atoms with van der Waals surface area (Å²) in [5.74, 6) is -0.442. The van der Waals surface area contributed by atoms with E-state index in [2.05, 4.69) is 10.4 Å². The summed E-state index contributed by atoms with van der Waals surface area (Å²) in [6.07, 6.45) is 0. The maximum Gasteiger partial charge on any atom is 0.272 e. The van der Waals surface area contributed by atoms with Crippen LogP contribution >= 0.6 is 0 Å². The first-order valence-electron chi connectivity index (χ1n) is 12.0. The van der Waals surface area contributed by atoms with Crippen molar-refractivity contribution in [1.82, 2.24) is 19.4 Å². The number of nitrogens with zero attached hydrogens (tertiary/aromatic N) is 4. The number of nitrogens with one attached hydrogen (secondary N) is 1. The Morgan fingerprint density at radius 1 is 1.13 bits per heavy atom. The van der Waals surface area contributed by atoms with Crippen LogP contribution in [-0.2, 0) is 14.8 Å². The number of carbonyl (C=O) groups excluding carboxylic acids is 1. The first-order chi connectivity index (χ1) is 18.0. The summed E-state index contributed by atoms with van der Waals surface area (Å²) in [7, 11) is -4.18. The molecule has 0 atom stereocenters. The van der Waals surface area contributed by atoms with Crippen LogP contribution in [0.1, 0.15) is 35.5 Å². The van der Waals surface area contributed by atoms with Gasteiger partial charge in [0, 0.05) is 36.8 Å². The van der Waals surface area contributed by atoms with Crippen LogP contribution in [-0.4, -0.2) is 65.7 Å². The van der Waals surface area contributed by atoms with Crippen LogP contribution in [0.4, 0.5) is 5.69 Å². The van der Waals surface area contributed by atoms with Gasteiger partial charge in [0.25, 0.3) is 11.6 Å². The summed E-state index contributed by atoms with van der Waals surface area (Å²) in [4.78, 5) is 23.4.